The molecule has 1 nitrogen and oxygen atoms in total. The molecule has 2 saturated carbocycles. The largest absolute Gasteiger partial charge is 0.393 e. The Kier molecular flexibility index (Phi) is 2.94. The Balaban J connectivity index is 1.83. The van der Waals surface area contributed by atoms with Crippen LogP contribution in [-0.4, -0.2) is 11.2 Å². The van der Waals surface area contributed by atoms with E-state index in [1.165, 1.54) is 31.3 Å². The van der Waals surface area contributed by atoms with Crippen LogP contribution in [0.1, 0.15) is 52.9 Å². The predicted molar refractivity (Wildman–Crippen MR) is 63.6 cm³/mol. The van der Waals surface area contributed by atoms with Gasteiger partial charge in [-0.2, -0.15) is 0 Å². The van der Waals surface area contributed by atoms with Gasteiger partial charge in [0.2, 0.25) is 0 Å². The van der Waals surface area contributed by atoms with Crippen LogP contribution in [0.4, 0.5) is 0 Å². The van der Waals surface area contributed by atoms with E-state index in [-0.39, 0.29) is 6.10 Å². The minimum atomic E-state index is 0.0240. The summed E-state index contributed by atoms with van der Waals surface area (Å²) < 4.78 is 0. The number of aliphatic hydroxyl groups is 1. The quantitative estimate of drug-likeness (QED) is 0.701. The highest BCUT2D eigenvalue weighted by molar-refractivity contribution is 5.12. The number of hydrogen-bond acceptors (Lipinski definition) is 1. The third kappa shape index (κ3) is 1.99. The average Bonchev–Trinajstić information content (AvgIpc) is 2.82. The summed E-state index contributed by atoms with van der Waals surface area (Å²) in [5.41, 5.74) is 1.98. The molecule has 0 aromatic rings. The molecule has 0 aromatic carbocycles. The fourth-order valence-corrected chi connectivity index (χ4v) is 3.50. The average molecular weight is 208 g/mol. The van der Waals surface area contributed by atoms with Crippen LogP contribution in [0.2, 0.25) is 0 Å². The van der Waals surface area contributed by atoms with E-state index >= 15 is 0 Å². The smallest absolute Gasteiger partial charge is 0.0574 e. The molecule has 0 bridgehead atoms. The van der Waals surface area contributed by atoms with E-state index in [0.29, 0.717) is 11.3 Å². The number of hydrogen-bond donors (Lipinski definition) is 1. The van der Waals surface area contributed by atoms with Crippen molar-refractivity contribution in [3.8, 4) is 0 Å². The summed E-state index contributed by atoms with van der Waals surface area (Å²) in [6.45, 7) is 6.72. The van der Waals surface area contributed by atoms with Gasteiger partial charge >= 0.3 is 0 Å². The second-order valence-electron chi connectivity index (χ2n) is 5.91. The van der Waals surface area contributed by atoms with Crippen molar-refractivity contribution in [1.29, 1.82) is 0 Å². The summed E-state index contributed by atoms with van der Waals surface area (Å²) >= 11 is 0. The molecule has 2 rings (SSSR count). The maximum absolute atomic E-state index is 9.76. The highest BCUT2D eigenvalue weighted by atomic mass is 16.3. The molecule has 0 aliphatic heterocycles. The Bertz CT molecular complexity index is 265. The van der Waals surface area contributed by atoms with Crippen LogP contribution in [0.5, 0.6) is 0 Å². The zero-order valence-corrected chi connectivity index (χ0v) is 10.3. The Hall–Kier alpha value is -0.300. The van der Waals surface area contributed by atoms with Gasteiger partial charge in [0.15, 0.2) is 0 Å². The van der Waals surface area contributed by atoms with Crippen molar-refractivity contribution in [2.24, 2.45) is 17.3 Å². The van der Waals surface area contributed by atoms with Crippen LogP contribution in [0.3, 0.4) is 0 Å². The zero-order chi connectivity index (χ0) is 11.1. The summed E-state index contributed by atoms with van der Waals surface area (Å²) in [5, 5.41) is 9.76. The molecule has 2 aliphatic rings. The van der Waals surface area contributed by atoms with Gasteiger partial charge in [0.25, 0.3) is 0 Å². The van der Waals surface area contributed by atoms with Crippen LogP contribution < -0.4 is 0 Å². The molecule has 1 heteroatoms. The molecule has 4 atom stereocenters. The molecular weight excluding hydrogens is 184 g/mol. The van der Waals surface area contributed by atoms with Crippen molar-refractivity contribution in [2.75, 3.05) is 0 Å². The van der Waals surface area contributed by atoms with Crippen molar-refractivity contribution in [3.05, 3.63) is 11.6 Å². The van der Waals surface area contributed by atoms with Crippen molar-refractivity contribution >= 4 is 0 Å². The maximum atomic E-state index is 9.76. The van der Waals surface area contributed by atoms with Crippen LogP contribution in [0, 0.1) is 17.3 Å². The van der Waals surface area contributed by atoms with Crippen molar-refractivity contribution in [3.63, 3.8) is 0 Å². The summed E-state index contributed by atoms with van der Waals surface area (Å²) in [4.78, 5) is 0. The molecule has 2 aliphatic carbocycles. The first-order valence-electron chi connectivity index (χ1n) is 6.38. The molecule has 0 spiro atoms. The first-order chi connectivity index (χ1) is 7.06. The van der Waals surface area contributed by atoms with E-state index in [1.807, 2.05) is 0 Å². The van der Waals surface area contributed by atoms with Gasteiger partial charge in [0.05, 0.1) is 6.10 Å². The van der Waals surface area contributed by atoms with Gasteiger partial charge in [-0.3, -0.25) is 0 Å². The number of aliphatic hydroxyl groups excluding tert-OH is 1. The van der Waals surface area contributed by atoms with Crippen molar-refractivity contribution < 1.29 is 5.11 Å². The lowest BCUT2D eigenvalue weighted by atomic mass is 9.85. The number of rotatable bonds is 4. The Morgan fingerprint density at radius 3 is 2.73 bits per heavy atom. The standard InChI is InChI=1S/C14H24O/c1-10(2)5-4-6-11(3)14-8-7-13(15)12(14)9-14/h5,11-13,15H,4,6-9H2,1-3H3/t11-,12-,13+,14-/m0/s1. The molecule has 1 N–H and O–H groups in total. The van der Waals surface area contributed by atoms with Gasteiger partial charge in [0.1, 0.15) is 0 Å². The molecule has 0 amide bonds. The van der Waals surface area contributed by atoms with Crippen LogP contribution >= 0.6 is 0 Å². The predicted octanol–water partition coefficient (Wildman–Crippen LogP) is 3.53. The highest BCUT2D eigenvalue weighted by Crippen LogP contribution is 2.68. The summed E-state index contributed by atoms with van der Waals surface area (Å²) in [7, 11) is 0. The molecule has 0 saturated heterocycles. The van der Waals surface area contributed by atoms with Crippen LogP contribution in [0.25, 0.3) is 0 Å². The van der Waals surface area contributed by atoms with Gasteiger partial charge in [-0.25, -0.2) is 0 Å². The zero-order valence-electron chi connectivity index (χ0n) is 10.3. The van der Waals surface area contributed by atoms with Gasteiger partial charge in [-0.1, -0.05) is 18.6 Å². The number of fused-ring (bicyclic) bond motifs is 1. The second kappa shape index (κ2) is 3.93. The highest BCUT2D eigenvalue weighted by Gasteiger charge is 2.63. The molecule has 0 aromatic heterocycles. The van der Waals surface area contributed by atoms with E-state index in [2.05, 4.69) is 26.8 Å². The first-order valence-corrected chi connectivity index (χ1v) is 6.38. The maximum Gasteiger partial charge on any atom is 0.0574 e. The van der Waals surface area contributed by atoms with E-state index in [1.54, 1.807) is 0 Å². The summed E-state index contributed by atoms with van der Waals surface area (Å²) in [6, 6.07) is 0. The van der Waals surface area contributed by atoms with Crippen molar-refractivity contribution in [1.82, 2.24) is 0 Å². The second-order valence-corrected chi connectivity index (χ2v) is 5.91. The van der Waals surface area contributed by atoms with Gasteiger partial charge < -0.3 is 5.11 Å². The Morgan fingerprint density at radius 1 is 1.53 bits per heavy atom. The Morgan fingerprint density at radius 2 is 2.27 bits per heavy atom. The minimum absolute atomic E-state index is 0.0240. The lowest BCUT2D eigenvalue weighted by Crippen LogP contribution is -2.12. The van der Waals surface area contributed by atoms with E-state index in [0.717, 1.165) is 12.3 Å². The van der Waals surface area contributed by atoms with Crippen LogP contribution in [-0.2, 0) is 0 Å². The molecule has 0 radical (unpaired) electrons. The summed E-state index contributed by atoms with van der Waals surface area (Å²) in [6.07, 6.45) is 8.51. The van der Waals surface area contributed by atoms with Crippen molar-refractivity contribution in [2.45, 2.75) is 59.0 Å². The van der Waals surface area contributed by atoms with Crippen LogP contribution in [0.15, 0.2) is 11.6 Å². The fourth-order valence-electron chi connectivity index (χ4n) is 3.50. The number of allylic oxidation sites excluding steroid dienone is 2. The summed E-state index contributed by atoms with van der Waals surface area (Å²) in [5.74, 6) is 1.45. The van der Waals surface area contributed by atoms with E-state index in [4.69, 9.17) is 0 Å². The SMILES string of the molecule is CC(C)=CCC[C@H](C)[C@@]12CC[C@@H](O)[C@@H]1C2. The molecule has 86 valence electrons. The fraction of sp³-hybridized carbons (Fsp3) is 0.857. The molecule has 0 unspecified atom stereocenters. The van der Waals surface area contributed by atoms with Gasteiger partial charge in [-0.05, 0) is 63.2 Å². The first kappa shape index (κ1) is 11.2. The molecular formula is C14H24O. The van der Waals surface area contributed by atoms with Gasteiger partial charge in [0, 0.05) is 0 Å². The van der Waals surface area contributed by atoms with E-state index in [9.17, 15) is 5.11 Å². The normalized spacial score (nSPS) is 39.7. The van der Waals surface area contributed by atoms with Gasteiger partial charge in [-0.15, -0.1) is 0 Å². The van der Waals surface area contributed by atoms with E-state index < -0.39 is 0 Å². The molecule has 2 fully saturated rings. The minimum Gasteiger partial charge on any atom is -0.393 e. The lowest BCUT2D eigenvalue weighted by Gasteiger charge is -2.20. The topological polar surface area (TPSA) is 20.2 Å². The monoisotopic (exact) mass is 208 g/mol. The Labute approximate surface area is 93.6 Å². The third-order valence-electron chi connectivity index (χ3n) is 4.68. The molecule has 0 heterocycles. The lowest BCUT2D eigenvalue weighted by molar-refractivity contribution is 0.156. The molecule has 15 heavy (non-hydrogen) atoms. The third-order valence-corrected chi connectivity index (χ3v) is 4.68.